The van der Waals surface area contributed by atoms with E-state index in [0.717, 1.165) is 11.3 Å². The molecule has 0 aromatic heterocycles. The van der Waals surface area contributed by atoms with Gasteiger partial charge >= 0.3 is 6.03 Å². The van der Waals surface area contributed by atoms with Crippen LogP contribution in [0.25, 0.3) is 0 Å². The van der Waals surface area contributed by atoms with E-state index >= 15 is 0 Å². The number of nitrogens with one attached hydrogen (secondary N) is 2. The van der Waals surface area contributed by atoms with Gasteiger partial charge in [0.2, 0.25) is 0 Å². The van der Waals surface area contributed by atoms with Crippen LogP contribution in [0.15, 0.2) is 24.3 Å². The number of aliphatic hydroxyl groups is 1. The third kappa shape index (κ3) is 6.35. The number of carbonyl (C=O) groups excluding carboxylic acids is 1. The Bertz CT molecular complexity index is 483. The maximum absolute atomic E-state index is 11.8. The summed E-state index contributed by atoms with van der Waals surface area (Å²) in [5.41, 5.74) is 0.848. The van der Waals surface area contributed by atoms with Crippen LogP contribution in [-0.4, -0.2) is 36.9 Å². The summed E-state index contributed by atoms with van der Waals surface area (Å²) in [5, 5.41) is 15.5. The van der Waals surface area contributed by atoms with E-state index in [0.29, 0.717) is 6.42 Å². The van der Waals surface area contributed by atoms with E-state index in [1.807, 2.05) is 52.0 Å². The smallest absolute Gasteiger partial charge is 0.315 e. The van der Waals surface area contributed by atoms with E-state index in [1.165, 1.54) is 0 Å². The number of rotatable bonds is 6. The summed E-state index contributed by atoms with van der Waals surface area (Å²) in [5.74, 6) is 0.808. The molecule has 0 fully saturated rings. The van der Waals surface area contributed by atoms with Crippen molar-refractivity contribution in [3.05, 3.63) is 29.8 Å². The zero-order valence-corrected chi connectivity index (χ0v) is 14.1. The molecule has 3 N–H and O–H groups in total. The first-order valence-corrected chi connectivity index (χ1v) is 7.57. The number of aliphatic hydroxyl groups excluding tert-OH is 1. The van der Waals surface area contributed by atoms with Gasteiger partial charge in [-0.3, -0.25) is 0 Å². The normalized spacial score (nSPS) is 14.1. The summed E-state index contributed by atoms with van der Waals surface area (Å²) >= 11 is 0. The molecular weight excluding hydrogens is 280 g/mol. The molecule has 0 aliphatic rings. The van der Waals surface area contributed by atoms with Gasteiger partial charge in [-0.25, -0.2) is 4.79 Å². The van der Waals surface area contributed by atoms with Crippen LogP contribution in [0, 0.1) is 5.41 Å². The first-order valence-electron chi connectivity index (χ1n) is 7.57. The largest absolute Gasteiger partial charge is 0.497 e. The van der Waals surface area contributed by atoms with Crippen molar-refractivity contribution in [2.75, 3.05) is 13.7 Å². The molecule has 1 rings (SSSR count). The van der Waals surface area contributed by atoms with Crippen LogP contribution in [0.5, 0.6) is 5.75 Å². The Hall–Kier alpha value is -1.75. The molecule has 2 atom stereocenters. The van der Waals surface area contributed by atoms with Crippen LogP contribution in [-0.2, 0) is 6.42 Å². The van der Waals surface area contributed by atoms with E-state index in [-0.39, 0.29) is 24.0 Å². The van der Waals surface area contributed by atoms with Crippen molar-refractivity contribution < 1.29 is 14.6 Å². The van der Waals surface area contributed by atoms with Crippen LogP contribution in [0.1, 0.15) is 33.3 Å². The second-order valence-electron chi connectivity index (χ2n) is 6.69. The molecule has 5 heteroatoms. The van der Waals surface area contributed by atoms with Crippen LogP contribution in [0.2, 0.25) is 0 Å². The third-order valence-electron chi connectivity index (χ3n) is 3.51. The number of urea groups is 1. The molecule has 2 amide bonds. The van der Waals surface area contributed by atoms with Crippen molar-refractivity contribution in [2.45, 2.75) is 46.3 Å². The van der Waals surface area contributed by atoms with Gasteiger partial charge in [-0.05, 0) is 36.5 Å². The topological polar surface area (TPSA) is 70.6 Å². The molecule has 124 valence electrons. The Morgan fingerprint density at radius 3 is 2.64 bits per heavy atom. The van der Waals surface area contributed by atoms with E-state index < -0.39 is 6.10 Å². The van der Waals surface area contributed by atoms with Gasteiger partial charge < -0.3 is 20.5 Å². The molecule has 0 saturated heterocycles. The Morgan fingerprint density at radius 1 is 1.36 bits per heavy atom. The third-order valence-corrected chi connectivity index (χ3v) is 3.51. The molecule has 0 radical (unpaired) electrons. The van der Waals surface area contributed by atoms with Gasteiger partial charge in [-0.15, -0.1) is 0 Å². The highest BCUT2D eigenvalue weighted by atomic mass is 16.5. The molecule has 0 saturated carbocycles. The SMILES string of the molecule is COc1cccc(CC(C)NC(=O)NCC(O)C(C)(C)C)c1. The van der Waals surface area contributed by atoms with Gasteiger partial charge in [-0.2, -0.15) is 0 Å². The molecule has 2 unspecified atom stereocenters. The van der Waals surface area contributed by atoms with Crippen LogP contribution in [0.4, 0.5) is 4.79 Å². The minimum absolute atomic E-state index is 0.0149. The number of ether oxygens (including phenoxy) is 1. The summed E-state index contributed by atoms with van der Waals surface area (Å²) in [7, 11) is 1.63. The summed E-state index contributed by atoms with van der Waals surface area (Å²) < 4.78 is 5.19. The van der Waals surface area contributed by atoms with Crippen LogP contribution in [0.3, 0.4) is 0 Å². The molecule has 5 nitrogen and oxygen atoms in total. The maximum Gasteiger partial charge on any atom is 0.315 e. The van der Waals surface area contributed by atoms with Gasteiger partial charge in [0.1, 0.15) is 5.75 Å². The molecule has 0 heterocycles. The number of benzene rings is 1. The lowest BCUT2D eigenvalue weighted by atomic mass is 9.89. The lowest BCUT2D eigenvalue weighted by molar-refractivity contribution is 0.0649. The van der Waals surface area contributed by atoms with Crippen molar-refractivity contribution in [1.29, 1.82) is 0 Å². The van der Waals surface area contributed by atoms with Crippen LogP contribution < -0.4 is 15.4 Å². The number of hydrogen-bond acceptors (Lipinski definition) is 3. The number of hydrogen-bond donors (Lipinski definition) is 3. The second kappa shape index (κ2) is 8.03. The molecule has 1 aromatic rings. The highest BCUT2D eigenvalue weighted by Gasteiger charge is 2.22. The van der Waals surface area contributed by atoms with Gasteiger partial charge in [0, 0.05) is 12.6 Å². The zero-order chi connectivity index (χ0) is 16.8. The first kappa shape index (κ1) is 18.3. The number of carbonyl (C=O) groups is 1. The van der Waals surface area contributed by atoms with Crippen molar-refractivity contribution in [1.82, 2.24) is 10.6 Å². The highest BCUT2D eigenvalue weighted by molar-refractivity contribution is 5.74. The molecule has 0 bridgehead atoms. The lowest BCUT2D eigenvalue weighted by Crippen LogP contribution is -2.46. The average Bonchev–Trinajstić information content (AvgIpc) is 2.43. The van der Waals surface area contributed by atoms with Gasteiger partial charge in [-0.1, -0.05) is 32.9 Å². The molecule has 1 aromatic carbocycles. The van der Waals surface area contributed by atoms with Crippen molar-refractivity contribution in [3.63, 3.8) is 0 Å². The van der Waals surface area contributed by atoms with E-state index in [1.54, 1.807) is 7.11 Å². The molecule has 0 aliphatic heterocycles. The Labute approximate surface area is 133 Å². The second-order valence-corrected chi connectivity index (χ2v) is 6.69. The van der Waals surface area contributed by atoms with Crippen LogP contribution >= 0.6 is 0 Å². The summed E-state index contributed by atoms with van der Waals surface area (Å²) in [4.78, 5) is 11.8. The van der Waals surface area contributed by atoms with Crippen molar-refractivity contribution in [2.24, 2.45) is 5.41 Å². The van der Waals surface area contributed by atoms with Crippen molar-refractivity contribution in [3.8, 4) is 5.75 Å². The monoisotopic (exact) mass is 308 g/mol. The molecule has 0 spiro atoms. The fourth-order valence-electron chi connectivity index (χ4n) is 1.97. The average molecular weight is 308 g/mol. The highest BCUT2D eigenvalue weighted by Crippen LogP contribution is 2.18. The van der Waals surface area contributed by atoms with Gasteiger partial charge in [0.25, 0.3) is 0 Å². The van der Waals surface area contributed by atoms with Gasteiger partial charge in [0.05, 0.1) is 13.2 Å². The molecule has 22 heavy (non-hydrogen) atoms. The Morgan fingerprint density at radius 2 is 2.05 bits per heavy atom. The fraction of sp³-hybridized carbons (Fsp3) is 0.588. The zero-order valence-electron chi connectivity index (χ0n) is 14.1. The standard InChI is InChI=1S/C17H28N2O3/c1-12(9-13-7-6-8-14(10-13)22-5)19-16(21)18-11-15(20)17(2,3)4/h6-8,10,12,15,20H,9,11H2,1-5H3,(H2,18,19,21). The van der Waals surface area contributed by atoms with Crippen molar-refractivity contribution >= 4 is 6.03 Å². The number of amides is 2. The lowest BCUT2D eigenvalue weighted by Gasteiger charge is -2.26. The minimum atomic E-state index is -0.577. The fourth-order valence-corrected chi connectivity index (χ4v) is 1.97. The summed E-state index contributed by atoms with van der Waals surface area (Å²) in [6, 6.07) is 7.50. The summed E-state index contributed by atoms with van der Waals surface area (Å²) in [6.07, 6.45) is 0.138. The summed E-state index contributed by atoms with van der Waals surface area (Å²) in [6.45, 7) is 7.98. The quantitative estimate of drug-likeness (QED) is 0.755. The predicted molar refractivity (Wildman–Crippen MR) is 88.2 cm³/mol. The predicted octanol–water partition coefficient (Wildman–Crippen LogP) is 2.33. The Kier molecular flexibility index (Phi) is 6.68. The first-order chi connectivity index (χ1) is 10.2. The van der Waals surface area contributed by atoms with Gasteiger partial charge in [0.15, 0.2) is 0 Å². The van der Waals surface area contributed by atoms with E-state index in [9.17, 15) is 9.90 Å². The molecule has 0 aliphatic carbocycles. The Balaban J connectivity index is 2.41. The number of methoxy groups -OCH3 is 1. The molecular formula is C17H28N2O3. The van der Waals surface area contributed by atoms with E-state index in [2.05, 4.69) is 10.6 Å². The van der Waals surface area contributed by atoms with E-state index in [4.69, 9.17) is 4.74 Å². The maximum atomic E-state index is 11.8. The minimum Gasteiger partial charge on any atom is -0.497 e.